The molecule has 2 saturated heterocycles. The number of aromatic nitrogens is 1. The number of H-pyrrole nitrogens is 1. The van der Waals surface area contributed by atoms with Crippen molar-refractivity contribution in [2.75, 3.05) is 26.3 Å². The van der Waals surface area contributed by atoms with Gasteiger partial charge in [0.2, 0.25) is 0 Å². The Labute approximate surface area is 134 Å². The molecule has 3 rings (SSSR count). The molecule has 0 radical (unpaired) electrons. The average Bonchev–Trinajstić information content (AvgIpc) is 2.56. The van der Waals surface area contributed by atoms with Crippen molar-refractivity contribution in [2.24, 2.45) is 0 Å². The van der Waals surface area contributed by atoms with Crippen molar-refractivity contribution < 1.29 is 14.6 Å². The monoisotopic (exact) mass is 321 g/mol. The third-order valence-corrected chi connectivity index (χ3v) is 4.72. The first-order valence-corrected chi connectivity index (χ1v) is 8.18. The Hall–Kier alpha value is -1.86. The van der Waals surface area contributed by atoms with Crippen LogP contribution in [0.1, 0.15) is 36.0 Å². The zero-order chi connectivity index (χ0) is 16.2. The zero-order valence-corrected chi connectivity index (χ0v) is 13.1. The number of rotatable bonds is 3. The van der Waals surface area contributed by atoms with Crippen LogP contribution in [-0.2, 0) is 4.74 Å². The van der Waals surface area contributed by atoms with Crippen molar-refractivity contribution in [3.63, 3.8) is 0 Å². The fraction of sp³-hybridized carbons (Fsp3) is 0.625. The molecule has 0 saturated carbocycles. The third-order valence-electron chi connectivity index (χ3n) is 4.72. The van der Waals surface area contributed by atoms with Gasteiger partial charge in [0.15, 0.2) is 0 Å². The molecule has 0 aliphatic carbocycles. The number of likely N-dealkylation sites (tertiary alicyclic amines) is 1. The van der Waals surface area contributed by atoms with Crippen molar-refractivity contribution in [2.45, 2.75) is 37.8 Å². The summed E-state index contributed by atoms with van der Waals surface area (Å²) in [6.45, 7) is 3.61. The Balaban J connectivity index is 1.52. The van der Waals surface area contributed by atoms with Crippen LogP contribution in [0.4, 0.5) is 0 Å². The van der Waals surface area contributed by atoms with Gasteiger partial charge >= 0.3 is 0 Å². The van der Waals surface area contributed by atoms with Crippen LogP contribution in [0, 0.1) is 0 Å². The fourth-order valence-electron chi connectivity index (χ4n) is 3.37. The molecule has 7 heteroatoms. The number of ether oxygens (including phenoxy) is 1. The van der Waals surface area contributed by atoms with Crippen molar-refractivity contribution in [1.82, 2.24) is 15.2 Å². The molecule has 3 N–H and O–H groups in total. The summed E-state index contributed by atoms with van der Waals surface area (Å²) in [5, 5.41) is 12.6. The number of hydrogen-bond donors (Lipinski definition) is 3. The van der Waals surface area contributed by atoms with E-state index in [0.29, 0.717) is 6.04 Å². The second kappa shape index (κ2) is 7.14. The van der Waals surface area contributed by atoms with Gasteiger partial charge in [-0.25, -0.2) is 0 Å². The minimum Gasteiger partial charge on any atom is -0.507 e. The number of carbonyl (C=O) groups excluding carboxylic acids is 1. The van der Waals surface area contributed by atoms with Gasteiger partial charge in [-0.2, -0.15) is 0 Å². The van der Waals surface area contributed by atoms with Crippen LogP contribution in [0.5, 0.6) is 5.75 Å². The Morgan fingerprint density at radius 2 is 1.96 bits per heavy atom. The molecular weight excluding hydrogens is 298 g/mol. The largest absolute Gasteiger partial charge is 0.507 e. The van der Waals surface area contributed by atoms with Gasteiger partial charge in [-0.3, -0.25) is 9.59 Å². The first kappa shape index (κ1) is 16.0. The van der Waals surface area contributed by atoms with Gasteiger partial charge in [0.1, 0.15) is 5.75 Å². The molecule has 0 unspecified atom stereocenters. The van der Waals surface area contributed by atoms with Crippen molar-refractivity contribution in [3.05, 3.63) is 28.2 Å². The number of nitrogens with one attached hydrogen (secondary N) is 2. The number of nitrogens with zero attached hydrogens (tertiary/aromatic N) is 1. The van der Waals surface area contributed by atoms with Gasteiger partial charge in [-0.05, 0) is 25.7 Å². The van der Waals surface area contributed by atoms with E-state index in [1.807, 2.05) is 0 Å². The Morgan fingerprint density at radius 1 is 1.26 bits per heavy atom. The molecule has 2 fully saturated rings. The molecule has 3 heterocycles. The smallest absolute Gasteiger partial charge is 0.256 e. The van der Waals surface area contributed by atoms with Crippen LogP contribution in [0.25, 0.3) is 0 Å². The minimum atomic E-state index is -0.427. The number of aromatic amines is 1. The van der Waals surface area contributed by atoms with Gasteiger partial charge < -0.3 is 25.0 Å². The summed E-state index contributed by atoms with van der Waals surface area (Å²) in [5.74, 6) is -0.630. The molecule has 1 aromatic heterocycles. The summed E-state index contributed by atoms with van der Waals surface area (Å²) >= 11 is 0. The third kappa shape index (κ3) is 3.92. The second-order valence-electron chi connectivity index (χ2n) is 6.22. The van der Waals surface area contributed by atoms with Crippen molar-refractivity contribution in [1.29, 1.82) is 0 Å². The number of pyridine rings is 1. The van der Waals surface area contributed by atoms with Crippen molar-refractivity contribution in [3.8, 4) is 5.75 Å². The van der Waals surface area contributed by atoms with E-state index in [1.165, 1.54) is 6.20 Å². The zero-order valence-electron chi connectivity index (χ0n) is 13.1. The Morgan fingerprint density at radius 3 is 2.61 bits per heavy atom. The Bertz CT molecular complexity index is 602. The highest BCUT2D eigenvalue weighted by atomic mass is 16.5. The summed E-state index contributed by atoms with van der Waals surface area (Å²) in [6.07, 6.45) is 5.22. The maximum absolute atomic E-state index is 12.2. The van der Waals surface area contributed by atoms with Gasteiger partial charge in [-0.15, -0.1) is 0 Å². The summed E-state index contributed by atoms with van der Waals surface area (Å²) in [5.41, 5.74) is -0.319. The molecule has 0 atom stereocenters. The summed E-state index contributed by atoms with van der Waals surface area (Å²) in [7, 11) is 0. The van der Waals surface area contributed by atoms with E-state index in [9.17, 15) is 14.7 Å². The highest BCUT2D eigenvalue weighted by molar-refractivity contribution is 5.96. The van der Waals surface area contributed by atoms with E-state index in [1.54, 1.807) is 0 Å². The van der Waals surface area contributed by atoms with Gasteiger partial charge in [-0.1, -0.05) is 0 Å². The topological polar surface area (TPSA) is 94.7 Å². The van der Waals surface area contributed by atoms with Crippen LogP contribution in [0.15, 0.2) is 17.1 Å². The highest BCUT2D eigenvalue weighted by Gasteiger charge is 2.27. The molecule has 2 aliphatic heterocycles. The van der Waals surface area contributed by atoms with E-state index >= 15 is 0 Å². The standard InChI is InChI=1S/C16H23N3O4/c20-14-9-15(21)17-10-13(14)16(22)18-11-1-5-19(6-2-11)12-3-7-23-8-4-12/h9-12H,1-8H2,(H,18,22)(H2,17,20,21). The lowest BCUT2D eigenvalue weighted by Crippen LogP contribution is -2.49. The Kier molecular flexibility index (Phi) is 4.97. The minimum absolute atomic E-state index is 0.102. The normalized spacial score (nSPS) is 21.2. The molecule has 0 bridgehead atoms. The number of aromatic hydroxyl groups is 1. The first-order valence-electron chi connectivity index (χ1n) is 8.18. The van der Waals surface area contributed by atoms with E-state index in [0.717, 1.165) is 58.1 Å². The summed E-state index contributed by atoms with van der Waals surface area (Å²) < 4.78 is 5.40. The number of hydrogen-bond acceptors (Lipinski definition) is 5. The number of carbonyl (C=O) groups is 1. The molecule has 0 aromatic carbocycles. The first-order chi connectivity index (χ1) is 11.1. The van der Waals surface area contributed by atoms with E-state index in [-0.39, 0.29) is 23.3 Å². The lowest BCUT2D eigenvalue weighted by atomic mass is 9.99. The molecule has 1 aromatic rings. The molecule has 0 spiro atoms. The molecular formula is C16H23N3O4. The molecule has 23 heavy (non-hydrogen) atoms. The van der Waals surface area contributed by atoms with E-state index in [4.69, 9.17) is 4.74 Å². The number of amides is 1. The lowest BCUT2D eigenvalue weighted by molar-refractivity contribution is 0.0238. The lowest BCUT2D eigenvalue weighted by Gasteiger charge is -2.39. The van der Waals surface area contributed by atoms with Crippen LogP contribution in [-0.4, -0.2) is 59.3 Å². The van der Waals surface area contributed by atoms with Gasteiger partial charge in [0.05, 0.1) is 5.56 Å². The molecule has 1 amide bonds. The quantitative estimate of drug-likeness (QED) is 0.751. The number of piperidine rings is 1. The summed E-state index contributed by atoms with van der Waals surface area (Å²) in [6, 6.07) is 1.72. The average molecular weight is 321 g/mol. The van der Waals surface area contributed by atoms with Gasteiger partial charge in [0, 0.05) is 50.7 Å². The van der Waals surface area contributed by atoms with Crippen molar-refractivity contribution >= 4 is 5.91 Å². The van der Waals surface area contributed by atoms with E-state index in [2.05, 4.69) is 15.2 Å². The van der Waals surface area contributed by atoms with E-state index < -0.39 is 5.56 Å². The molecule has 2 aliphatic rings. The summed E-state index contributed by atoms with van der Waals surface area (Å²) in [4.78, 5) is 28.2. The molecule has 126 valence electrons. The maximum Gasteiger partial charge on any atom is 0.256 e. The predicted molar refractivity (Wildman–Crippen MR) is 84.6 cm³/mol. The van der Waals surface area contributed by atoms with Crippen LogP contribution >= 0.6 is 0 Å². The van der Waals surface area contributed by atoms with Gasteiger partial charge in [0.25, 0.3) is 11.5 Å². The SMILES string of the molecule is O=C(NC1CCN(C2CCOCC2)CC1)c1c[nH]c(=O)cc1O. The van der Waals surface area contributed by atoms with Crippen LogP contribution in [0.3, 0.4) is 0 Å². The van der Waals surface area contributed by atoms with Crippen LogP contribution < -0.4 is 10.9 Å². The fourth-order valence-corrected chi connectivity index (χ4v) is 3.37. The van der Waals surface area contributed by atoms with Crippen LogP contribution in [0.2, 0.25) is 0 Å². The predicted octanol–water partition coefficient (Wildman–Crippen LogP) is 0.454. The highest BCUT2D eigenvalue weighted by Crippen LogP contribution is 2.20. The second-order valence-corrected chi connectivity index (χ2v) is 6.22. The maximum atomic E-state index is 12.2. The molecule has 7 nitrogen and oxygen atoms in total.